The van der Waals surface area contributed by atoms with Crippen LogP contribution in [0.5, 0.6) is 5.75 Å². The first-order valence-electron chi connectivity index (χ1n) is 8.52. The van der Waals surface area contributed by atoms with Gasteiger partial charge in [-0.2, -0.15) is 0 Å². The molecule has 5 heteroatoms. The number of carbonyl (C=O) groups is 1. The molecule has 0 saturated heterocycles. The van der Waals surface area contributed by atoms with Crippen LogP contribution < -0.4 is 10.1 Å². The normalized spacial score (nSPS) is 10.7. The van der Waals surface area contributed by atoms with E-state index in [4.69, 9.17) is 16.3 Å². The number of carbonyl (C=O) groups excluding carboxylic acids is 1. The van der Waals surface area contributed by atoms with Gasteiger partial charge in [-0.25, -0.2) is 0 Å². The van der Waals surface area contributed by atoms with Gasteiger partial charge in [0.25, 0.3) is 0 Å². The van der Waals surface area contributed by atoms with Crippen LogP contribution in [-0.4, -0.2) is 30.9 Å². The average molecular weight is 361 g/mol. The van der Waals surface area contributed by atoms with Crippen LogP contribution in [0.2, 0.25) is 5.02 Å². The minimum absolute atomic E-state index is 0.00608. The van der Waals surface area contributed by atoms with Gasteiger partial charge in [0.1, 0.15) is 12.4 Å². The number of likely N-dealkylation sites (N-methyl/N-ethyl adjacent to an activating group) is 1. The molecule has 0 saturated carbocycles. The second-order valence-corrected chi connectivity index (χ2v) is 6.52. The molecular formula is C20H25ClN2O2. The van der Waals surface area contributed by atoms with Crippen LogP contribution in [0.15, 0.2) is 48.5 Å². The summed E-state index contributed by atoms with van der Waals surface area (Å²) in [5, 5.41) is 3.62. The standard InChI is InChI=1S/C20H25ClN2O2/c1-3-4-13-23(2)14-20(24)22-18-9-11-19(12-10-18)25-15-16-5-7-17(21)8-6-16/h5-12H,3-4,13-15H2,1-2H3,(H,22,24). The van der Waals surface area contributed by atoms with Gasteiger partial charge >= 0.3 is 0 Å². The van der Waals surface area contributed by atoms with E-state index in [1.165, 1.54) is 0 Å². The lowest BCUT2D eigenvalue weighted by Crippen LogP contribution is -2.30. The van der Waals surface area contributed by atoms with Crippen LogP contribution >= 0.6 is 11.6 Å². The summed E-state index contributed by atoms with van der Waals surface area (Å²) in [6.07, 6.45) is 2.23. The Labute approximate surface area is 154 Å². The number of benzene rings is 2. The molecule has 0 spiro atoms. The smallest absolute Gasteiger partial charge is 0.238 e. The predicted octanol–water partition coefficient (Wildman–Crippen LogP) is 4.59. The molecule has 0 radical (unpaired) electrons. The lowest BCUT2D eigenvalue weighted by Gasteiger charge is -2.15. The van der Waals surface area contributed by atoms with Crippen molar-refractivity contribution in [1.82, 2.24) is 4.90 Å². The molecule has 0 aliphatic heterocycles. The predicted molar refractivity (Wildman–Crippen MR) is 103 cm³/mol. The van der Waals surface area contributed by atoms with Crippen LogP contribution in [0.4, 0.5) is 5.69 Å². The highest BCUT2D eigenvalue weighted by atomic mass is 35.5. The van der Waals surface area contributed by atoms with Crippen molar-refractivity contribution in [1.29, 1.82) is 0 Å². The fourth-order valence-corrected chi connectivity index (χ4v) is 2.46. The molecule has 2 rings (SSSR count). The Morgan fingerprint density at radius 2 is 1.80 bits per heavy atom. The van der Waals surface area contributed by atoms with Crippen LogP contribution in [0.25, 0.3) is 0 Å². The third-order valence-corrected chi connectivity index (χ3v) is 4.02. The topological polar surface area (TPSA) is 41.6 Å². The lowest BCUT2D eigenvalue weighted by atomic mass is 10.2. The first-order chi connectivity index (χ1) is 12.1. The van der Waals surface area contributed by atoms with Crippen molar-refractivity contribution >= 4 is 23.2 Å². The zero-order valence-electron chi connectivity index (χ0n) is 14.8. The largest absolute Gasteiger partial charge is 0.489 e. The van der Waals surface area contributed by atoms with E-state index in [2.05, 4.69) is 12.2 Å². The third kappa shape index (κ3) is 7.16. The second kappa shape index (κ2) is 10.1. The lowest BCUT2D eigenvalue weighted by molar-refractivity contribution is -0.117. The van der Waals surface area contributed by atoms with E-state index in [0.29, 0.717) is 18.2 Å². The van der Waals surface area contributed by atoms with E-state index >= 15 is 0 Å². The summed E-state index contributed by atoms with van der Waals surface area (Å²) in [5.41, 5.74) is 1.82. The zero-order valence-corrected chi connectivity index (χ0v) is 15.6. The van der Waals surface area contributed by atoms with Crippen molar-refractivity contribution < 1.29 is 9.53 Å². The fraction of sp³-hybridized carbons (Fsp3) is 0.350. The number of hydrogen-bond acceptors (Lipinski definition) is 3. The first-order valence-corrected chi connectivity index (χ1v) is 8.90. The van der Waals surface area contributed by atoms with E-state index in [0.717, 1.165) is 36.4 Å². The highest BCUT2D eigenvalue weighted by molar-refractivity contribution is 6.30. The van der Waals surface area contributed by atoms with Crippen LogP contribution in [0, 0.1) is 0 Å². The average Bonchev–Trinajstić information content (AvgIpc) is 2.60. The van der Waals surface area contributed by atoms with Crippen LogP contribution in [0.3, 0.4) is 0 Å². The molecule has 0 bridgehead atoms. The van der Waals surface area contributed by atoms with Gasteiger partial charge in [-0.15, -0.1) is 0 Å². The number of amides is 1. The van der Waals surface area contributed by atoms with Crippen molar-refractivity contribution in [3.05, 3.63) is 59.1 Å². The van der Waals surface area contributed by atoms with Gasteiger partial charge in [0.15, 0.2) is 0 Å². The summed E-state index contributed by atoms with van der Waals surface area (Å²) >= 11 is 5.87. The van der Waals surface area contributed by atoms with E-state index < -0.39 is 0 Å². The maximum absolute atomic E-state index is 12.0. The molecule has 2 aromatic carbocycles. The summed E-state index contributed by atoms with van der Waals surface area (Å²) < 4.78 is 5.74. The Bertz CT molecular complexity index is 656. The summed E-state index contributed by atoms with van der Waals surface area (Å²) in [6.45, 7) is 3.95. The SMILES string of the molecule is CCCCN(C)CC(=O)Nc1ccc(OCc2ccc(Cl)cc2)cc1. The number of ether oxygens (including phenoxy) is 1. The minimum Gasteiger partial charge on any atom is -0.489 e. The van der Waals surface area contributed by atoms with Gasteiger partial charge in [-0.1, -0.05) is 37.1 Å². The molecule has 0 heterocycles. The molecule has 0 fully saturated rings. The summed E-state index contributed by atoms with van der Waals surface area (Å²) in [4.78, 5) is 14.0. The molecule has 1 amide bonds. The van der Waals surface area contributed by atoms with Crippen LogP contribution in [0.1, 0.15) is 25.3 Å². The molecule has 0 atom stereocenters. The van der Waals surface area contributed by atoms with E-state index in [-0.39, 0.29) is 5.91 Å². The van der Waals surface area contributed by atoms with Crippen LogP contribution in [-0.2, 0) is 11.4 Å². The highest BCUT2D eigenvalue weighted by Crippen LogP contribution is 2.18. The number of halogens is 1. The van der Waals surface area contributed by atoms with E-state index in [9.17, 15) is 4.79 Å². The van der Waals surface area contributed by atoms with Gasteiger partial charge in [-0.3, -0.25) is 9.69 Å². The maximum atomic E-state index is 12.0. The molecular weight excluding hydrogens is 336 g/mol. The number of nitrogens with one attached hydrogen (secondary N) is 1. The summed E-state index contributed by atoms with van der Waals surface area (Å²) in [5.74, 6) is 0.751. The highest BCUT2D eigenvalue weighted by Gasteiger charge is 2.06. The molecule has 0 aromatic heterocycles. The summed E-state index contributed by atoms with van der Waals surface area (Å²) in [7, 11) is 1.96. The number of rotatable bonds is 9. The molecule has 0 aliphatic carbocycles. The van der Waals surface area contributed by atoms with E-state index in [1.807, 2.05) is 60.5 Å². The molecule has 2 aromatic rings. The molecule has 134 valence electrons. The zero-order chi connectivity index (χ0) is 18.1. The third-order valence-electron chi connectivity index (χ3n) is 3.76. The molecule has 1 N–H and O–H groups in total. The van der Waals surface area contributed by atoms with Gasteiger partial charge < -0.3 is 10.1 Å². The van der Waals surface area contributed by atoms with Crippen molar-refractivity contribution in [2.45, 2.75) is 26.4 Å². The number of anilines is 1. The van der Waals surface area contributed by atoms with Crippen molar-refractivity contribution in [3.8, 4) is 5.75 Å². The van der Waals surface area contributed by atoms with Gasteiger partial charge in [-0.05, 0) is 62.0 Å². The minimum atomic E-state index is -0.00608. The van der Waals surface area contributed by atoms with E-state index in [1.54, 1.807) is 0 Å². The van der Waals surface area contributed by atoms with Gasteiger partial charge in [0, 0.05) is 10.7 Å². The first kappa shape index (κ1) is 19.3. The Hall–Kier alpha value is -2.04. The Kier molecular flexibility index (Phi) is 7.76. The Morgan fingerprint density at radius 3 is 2.44 bits per heavy atom. The van der Waals surface area contributed by atoms with Gasteiger partial charge in [0.05, 0.1) is 6.54 Å². The number of hydrogen-bond donors (Lipinski definition) is 1. The van der Waals surface area contributed by atoms with Crippen molar-refractivity contribution in [2.24, 2.45) is 0 Å². The van der Waals surface area contributed by atoms with Crippen molar-refractivity contribution in [2.75, 3.05) is 25.5 Å². The Balaban J connectivity index is 1.79. The fourth-order valence-electron chi connectivity index (χ4n) is 2.33. The quantitative estimate of drug-likeness (QED) is 0.711. The second-order valence-electron chi connectivity index (χ2n) is 6.08. The van der Waals surface area contributed by atoms with Gasteiger partial charge in [0.2, 0.25) is 5.91 Å². The molecule has 0 unspecified atom stereocenters. The van der Waals surface area contributed by atoms with Crippen molar-refractivity contribution in [3.63, 3.8) is 0 Å². The number of nitrogens with zero attached hydrogens (tertiary/aromatic N) is 1. The maximum Gasteiger partial charge on any atom is 0.238 e. The molecule has 25 heavy (non-hydrogen) atoms. The number of unbranched alkanes of at least 4 members (excludes halogenated alkanes) is 1. The molecule has 4 nitrogen and oxygen atoms in total. The molecule has 0 aliphatic rings. The summed E-state index contributed by atoms with van der Waals surface area (Å²) in [6, 6.07) is 15.0. The Morgan fingerprint density at radius 1 is 1.12 bits per heavy atom. The monoisotopic (exact) mass is 360 g/mol.